The molecule has 184 valence electrons. The van der Waals surface area contributed by atoms with Crippen LogP contribution in [-0.2, 0) is 28.5 Å². The summed E-state index contributed by atoms with van der Waals surface area (Å²) in [5, 5.41) is 20.0. The van der Waals surface area contributed by atoms with Crippen molar-refractivity contribution in [3.05, 3.63) is 0 Å². The third-order valence-corrected chi connectivity index (χ3v) is 5.46. The van der Waals surface area contributed by atoms with Gasteiger partial charge in [-0.15, -0.1) is 0 Å². The molecule has 2 N–H and O–H groups in total. The van der Waals surface area contributed by atoms with E-state index in [9.17, 15) is 19.8 Å². The van der Waals surface area contributed by atoms with Crippen molar-refractivity contribution in [1.29, 1.82) is 0 Å². The second-order valence-electron chi connectivity index (χ2n) is 10.2. The molecular weight excluding hydrogens is 404 g/mol. The summed E-state index contributed by atoms with van der Waals surface area (Å²) in [7, 11) is 0. The van der Waals surface area contributed by atoms with Crippen LogP contribution in [0.25, 0.3) is 0 Å². The van der Waals surface area contributed by atoms with Gasteiger partial charge in [0.15, 0.2) is 0 Å². The van der Waals surface area contributed by atoms with Gasteiger partial charge < -0.3 is 29.2 Å². The van der Waals surface area contributed by atoms with E-state index in [0.29, 0.717) is 0 Å². The van der Waals surface area contributed by atoms with E-state index < -0.39 is 65.2 Å². The molecule has 0 aliphatic rings. The van der Waals surface area contributed by atoms with Crippen molar-refractivity contribution in [3.8, 4) is 0 Å². The Kier molecular flexibility index (Phi) is 10.2. The Balaban J connectivity index is 7.58. The Morgan fingerprint density at radius 1 is 0.677 bits per heavy atom. The fourth-order valence-electron chi connectivity index (χ4n) is 3.66. The number of carboxylic acid groups (broad SMARTS) is 2. The molecule has 0 saturated heterocycles. The Labute approximate surface area is 187 Å². The molecule has 0 aliphatic carbocycles. The average Bonchev–Trinajstić information content (AvgIpc) is 2.50. The maximum absolute atomic E-state index is 12.4. The minimum Gasteiger partial charge on any atom is -0.481 e. The third-order valence-electron chi connectivity index (χ3n) is 5.46. The lowest BCUT2D eigenvalue weighted by Crippen LogP contribution is -2.73. The van der Waals surface area contributed by atoms with Crippen LogP contribution in [0.3, 0.4) is 0 Å². The van der Waals surface area contributed by atoms with Crippen molar-refractivity contribution in [2.75, 3.05) is 0 Å². The second-order valence-corrected chi connectivity index (χ2v) is 10.2. The molecule has 8 heteroatoms. The standard InChI is InChI=1S/C23H44O8/c1-14(2)28-22(13-18(24)25,29-15(3)4)23(30-16(5)6,31-17(7)8)21(11,12)20(9,10)19(26)27/h14-17H,13H2,1-12H3,(H,24,25)(H,26,27). The van der Waals surface area contributed by atoms with Crippen molar-refractivity contribution >= 4 is 11.9 Å². The molecule has 0 radical (unpaired) electrons. The summed E-state index contributed by atoms with van der Waals surface area (Å²) in [6.07, 6.45) is -2.45. The van der Waals surface area contributed by atoms with Crippen molar-refractivity contribution < 1.29 is 38.7 Å². The largest absolute Gasteiger partial charge is 0.481 e. The van der Waals surface area contributed by atoms with Crippen LogP contribution >= 0.6 is 0 Å². The van der Waals surface area contributed by atoms with Crippen LogP contribution in [0.5, 0.6) is 0 Å². The second kappa shape index (κ2) is 10.6. The average molecular weight is 449 g/mol. The molecule has 0 aromatic carbocycles. The highest BCUT2D eigenvalue weighted by Crippen LogP contribution is 2.57. The first-order valence-electron chi connectivity index (χ1n) is 10.9. The highest BCUT2D eigenvalue weighted by Gasteiger charge is 2.71. The van der Waals surface area contributed by atoms with Crippen LogP contribution < -0.4 is 0 Å². The summed E-state index contributed by atoms with van der Waals surface area (Å²) >= 11 is 0. The monoisotopic (exact) mass is 448 g/mol. The van der Waals surface area contributed by atoms with Gasteiger partial charge in [0.25, 0.3) is 0 Å². The number of aliphatic carboxylic acids is 2. The smallest absolute Gasteiger partial charge is 0.309 e. The summed E-state index contributed by atoms with van der Waals surface area (Å²) in [6.45, 7) is 20.6. The number of hydrogen-bond acceptors (Lipinski definition) is 6. The molecule has 0 atom stereocenters. The molecule has 0 aromatic heterocycles. The number of rotatable bonds is 14. The van der Waals surface area contributed by atoms with Crippen LogP contribution in [0.1, 0.15) is 89.5 Å². The van der Waals surface area contributed by atoms with Gasteiger partial charge in [0.05, 0.1) is 29.8 Å². The van der Waals surface area contributed by atoms with E-state index in [1.54, 1.807) is 83.1 Å². The van der Waals surface area contributed by atoms with Gasteiger partial charge in [-0.1, -0.05) is 13.8 Å². The lowest BCUT2D eigenvalue weighted by atomic mass is 9.60. The van der Waals surface area contributed by atoms with Gasteiger partial charge in [-0.2, -0.15) is 0 Å². The SMILES string of the molecule is CC(C)OC(CC(=O)O)(OC(C)C)C(OC(C)C)(OC(C)C)C(C)(C)C(C)(C)C(=O)O. The Bertz CT molecular complexity index is 585. The fourth-order valence-corrected chi connectivity index (χ4v) is 3.66. The first-order chi connectivity index (χ1) is 13.8. The van der Waals surface area contributed by atoms with Gasteiger partial charge in [0.2, 0.25) is 11.6 Å². The van der Waals surface area contributed by atoms with Gasteiger partial charge in [-0.3, -0.25) is 9.59 Å². The predicted octanol–water partition coefficient (Wildman–Crippen LogP) is 4.69. The summed E-state index contributed by atoms with van der Waals surface area (Å²) in [5.41, 5.74) is -2.74. The summed E-state index contributed by atoms with van der Waals surface area (Å²) < 4.78 is 25.3. The first kappa shape index (κ1) is 29.8. The highest BCUT2D eigenvalue weighted by atomic mass is 16.8. The van der Waals surface area contributed by atoms with Gasteiger partial charge in [0, 0.05) is 5.41 Å². The van der Waals surface area contributed by atoms with E-state index in [4.69, 9.17) is 18.9 Å². The van der Waals surface area contributed by atoms with Crippen molar-refractivity contribution in [2.24, 2.45) is 10.8 Å². The van der Waals surface area contributed by atoms with E-state index in [-0.39, 0.29) is 0 Å². The van der Waals surface area contributed by atoms with Crippen LogP contribution in [-0.4, -0.2) is 58.1 Å². The number of carbonyl (C=O) groups is 2. The minimum atomic E-state index is -1.94. The highest BCUT2D eigenvalue weighted by molar-refractivity contribution is 5.75. The third kappa shape index (κ3) is 6.40. The molecular formula is C23H44O8. The van der Waals surface area contributed by atoms with E-state index in [2.05, 4.69) is 0 Å². The van der Waals surface area contributed by atoms with E-state index in [1.807, 2.05) is 0 Å². The quantitative estimate of drug-likeness (QED) is 0.368. The van der Waals surface area contributed by atoms with Crippen LogP contribution in [0.4, 0.5) is 0 Å². The maximum atomic E-state index is 12.4. The van der Waals surface area contributed by atoms with Gasteiger partial charge >= 0.3 is 11.9 Å². The topological polar surface area (TPSA) is 112 Å². The molecule has 8 nitrogen and oxygen atoms in total. The zero-order chi connectivity index (χ0) is 25.0. The molecule has 31 heavy (non-hydrogen) atoms. The van der Waals surface area contributed by atoms with Crippen molar-refractivity contribution in [2.45, 2.75) is 125 Å². The first-order valence-corrected chi connectivity index (χ1v) is 10.9. The molecule has 0 unspecified atom stereocenters. The van der Waals surface area contributed by atoms with E-state index in [1.165, 1.54) is 0 Å². The van der Waals surface area contributed by atoms with Gasteiger partial charge in [-0.05, 0) is 69.2 Å². The van der Waals surface area contributed by atoms with Gasteiger partial charge in [0.1, 0.15) is 6.42 Å². The number of carboxylic acids is 2. The lowest BCUT2D eigenvalue weighted by molar-refractivity contribution is -0.470. The molecule has 0 saturated carbocycles. The summed E-state index contributed by atoms with van der Waals surface area (Å²) in [5.74, 6) is -6.10. The number of ether oxygens (including phenoxy) is 4. The normalized spacial score (nSPS) is 14.2. The fraction of sp³-hybridized carbons (Fsp3) is 0.913. The Hall–Kier alpha value is -1.22. The predicted molar refractivity (Wildman–Crippen MR) is 118 cm³/mol. The molecule has 0 heterocycles. The minimum absolute atomic E-state index is 0.456. The van der Waals surface area contributed by atoms with E-state index in [0.717, 1.165) is 0 Å². The number of hydrogen-bond donors (Lipinski definition) is 2. The zero-order valence-electron chi connectivity index (χ0n) is 21.4. The van der Waals surface area contributed by atoms with Crippen molar-refractivity contribution in [3.63, 3.8) is 0 Å². The van der Waals surface area contributed by atoms with Crippen LogP contribution in [0.15, 0.2) is 0 Å². The van der Waals surface area contributed by atoms with Crippen LogP contribution in [0.2, 0.25) is 0 Å². The van der Waals surface area contributed by atoms with Crippen LogP contribution in [0, 0.1) is 10.8 Å². The molecule has 0 aromatic rings. The Morgan fingerprint density at radius 2 is 1.00 bits per heavy atom. The van der Waals surface area contributed by atoms with Crippen molar-refractivity contribution in [1.82, 2.24) is 0 Å². The molecule has 0 rings (SSSR count). The molecule has 0 spiro atoms. The lowest BCUT2D eigenvalue weighted by Gasteiger charge is -2.60. The van der Waals surface area contributed by atoms with Gasteiger partial charge in [-0.25, -0.2) is 0 Å². The molecule has 0 amide bonds. The maximum Gasteiger partial charge on any atom is 0.309 e. The summed E-state index contributed by atoms with van der Waals surface area (Å²) in [6, 6.07) is 0. The zero-order valence-corrected chi connectivity index (χ0v) is 21.4. The molecule has 0 fully saturated rings. The van der Waals surface area contributed by atoms with E-state index >= 15 is 0 Å². The molecule has 0 bridgehead atoms. The Morgan fingerprint density at radius 3 is 1.23 bits per heavy atom. The molecule has 0 aliphatic heterocycles. The summed E-state index contributed by atoms with van der Waals surface area (Å²) in [4.78, 5) is 24.5.